The van der Waals surface area contributed by atoms with E-state index in [1.165, 1.54) is 12.8 Å². The monoisotopic (exact) mass is 607 g/mol. The van der Waals surface area contributed by atoms with Gasteiger partial charge in [-0.3, -0.25) is 0 Å². The van der Waals surface area contributed by atoms with Crippen molar-refractivity contribution >= 4 is 16.7 Å². The first-order valence-corrected chi connectivity index (χ1v) is 16.3. The molecule has 2 saturated heterocycles. The topological polar surface area (TPSA) is 65.3 Å². The molecule has 3 aromatic carbocycles. The maximum Gasteiger partial charge on any atom is 0.225 e. The SMILES string of the molecule is c1ccc(C(c2ccccc2)(c2ccccc2)n2nc(-c3ccnc(N4CCCC4)c3)c3c(OC4CCOCC4)nccc32)cc1. The van der Waals surface area contributed by atoms with Crippen LogP contribution in [0.5, 0.6) is 5.88 Å². The zero-order valence-electron chi connectivity index (χ0n) is 25.8. The van der Waals surface area contributed by atoms with E-state index in [0.717, 1.165) is 70.6 Å². The van der Waals surface area contributed by atoms with Crippen LogP contribution in [0.2, 0.25) is 0 Å². The minimum absolute atomic E-state index is 0.0304. The molecule has 2 aliphatic rings. The molecule has 0 N–H and O–H groups in total. The number of hydrogen-bond acceptors (Lipinski definition) is 6. The molecule has 2 fully saturated rings. The molecule has 0 bridgehead atoms. The fourth-order valence-electron chi connectivity index (χ4n) is 7.12. The summed E-state index contributed by atoms with van der Waals surface area (Å²) in [5, 5.41) is 6.51. The van der Waals surface area contributed by atoms with Gasteiger partial charge in [0.1, 0.15) is 23.2 Å². The second-order valence-corrected chi connectivity index (χ2v) is 12.1. The quantitative estimate of drug-likeness (QED) is 0.167. The summed E-state index contributed by atoms with van der Waals surface area (Å²) in [4.78, 5) is 12.0. The Labute approximate surface area is 269 Å². The lowest BCUT2D eigenvalue weighted by atomic mass is 9.77. The van der Waals surface area contributed by atoms with Crippen molar-refractivity contribution in [3.63, 3.8) is 0 Å². The van der Waals surface area contributed by atoms with Crippen molar-refractivity contribution in [1.29, 1.82) is 0 Å². The van der Waals surface area contributed by atoms with Crippen LogP contribution in [0, 0.1) is 0 Å². The van der Waals surface area contributed by atoms with E-state index in [2.05, 4.69) is 119 Å². The van der Waals surface area contributed by atoms with Crippen molar-refractivity contribution in [3.8, 4) is 17.1 Å². The Hall–Kier alpha value is -5.01. The van der Waals surface area contributed by atoms with Crippen molar-refractivity contribution in [2.75, 3.05) is 31.2 Å². The van der Waals surface area contributed by atoms with Gasteiger partial charge >= 0.3 is 0 Å². The predicted octanol–water partition coefficient (Wildman–Crippen LogP) is 7.49. The number of hydrogen-bond donors (Lipinski definition) is 0. The number of anilines is 1. The smallest absolute Gasteiger partial charge is 0.225 e. The molecule has 0 atom stereocenters. The standard InChI is InChI=1S/C39H37N5O2/c1-4-12-30(13-5-1)39(31-14-6-2-7-15-31,32-16-8-3-9-17-32)44-34-19-23-41-38(46-33-20-26-45-27-21-33)36(34)37(42-44)29-18-22-40-35(28-29)43-24-10-11-25-43/h1-9,12-19,22-23,28,33H,10-11,20-21,24-27H2. The van der Waals surface area contributed by atoms with Gasteiger partial charge < -0.3 is 14.4 Å². The lowest BCUT2D eigenvalue weighted by molar-refractivity contribution is 0.0244. The molecule has 46 heavy (non-hydrogen) atoms. The third kappa shape index (κ3) is 5.01. The average molecular weight is 608 g/mol. The van der Waals surface area contributed by atoms with Gasteiger partial charge in [0.15, 0.2) is 0 Å². The molecule has 6 aromatic rings. The van der Waals surface area contributed by atoms with Gasteiger partial charge in [-0.2, -0.15) is 5.10 Å². The number of ether oxygens (including phenoxy) is 2. The minimum Gasteiger partial charge on any atom is -0.474 e. The number of rotatable bonds is 8. The van der Waals surface area contributed by atoms with Gasteiger partial charge in [0, 0.05) is 43.9 Å². The maximum absolute atomic E-state index is 6.73. The number of fused-ring (bicyclic) bond motifs is 1. The van der Waals surface area contributed by atoms with Gasteiger partial charge in [-0.25, -0.2) is 14.6 Å². The van der Waals surface area contributed by atoms with Crippen LogP contribution in [-0.4, -0.2) is 52.2 Å². The normalized spacial score (nSPS) is 15.8. The molecule has 0 saturated carbocycles. The van der Waals surface area contributed by atoms with Gasteiger partial charge in [-0.05, 0) is 47.7 Å². The molecule has 0 amide bonds. The number of benzene rings is 3. The third-order valence-corrected chi connectivity index (χ3v) is 9.35. The Bertz CT molecular complexity index is 1820. The summed E-state index contributed by atoms with van der Waals surface area (Å²) in [6.45, 7) is 3.42. The zero-order chi connectivity index (χ0) is 30.8. The van der Waals surface area contributed by atoms with Crippen LogP contribution < -0.4 is 9.64 Å². The summed E-state index contributed by atoms with van der Waals surface area (Å²) < 4.78 is 14.6. The second kappa shape index (κ2) is 12.4. The van der Waals surface area contributed by atoms with E-state index >= 15 is 0 Å². The molecule has 2 aliphatic heterocycles. The molecule has 5 heterocycles. The summed E-state index contributed by atoms with van der Waals surface area (Å²) >= 11 is 0. The van der Waals surface area contributed by atoms with Crippen LogP contribution in [0.15, 0.2) is 122 Å². The number of nitrogens with zero attached hydrogens (tertiary/aromatic N) is 5. The Morgan fingerprint density at radius 2 is 1.28 bits per heavy atom. The van der Waals surface area contributed by atoms with E-state index in [0.29, 0.717) is 19.1 Å². The Morgan fingerprint density at radius 3 is 1.89 bits per heavy atom. The van der Waals surface area contributed by atoms with E-state index in [1.807, 2.05) is 12.4 Å². The average Bonchev–Trinajstić information content (AvgIpc) is 3.81. The molecular formula is C39H37N5O2. The molecule has 8 rings (SSSR count). The van der Waals surface area contributed by atoms with Gasteiger partial charge in [0.05, 0.1) is 24.1 Å². The Kier molecular flexibility index (Phi) is 7.68. The lowest BCUT2D eigenvalue weighted by Gasteiger charge is -2.37. The maximum atomic E-state index is 6.73. The summed E-state index contributed by atoms with van der Waals surface area (Å²) in [5.41, 5.74) is 5.32. The molecule has 3 aromatic heterocycles. The summed E-state index contributed by atoms with van der Waals surface area (Å²) in [6, 6.07) is 38.4. The summed E-state index contributed by atoms with van der Waals surface area (Å²) in [6.07, 6.45) is 7.82. The minimum atomic E-state index is -0.789. The van der Waals surface area contributed by atoms with E-state index in [-0.39, 0.29) is 6.10 Å². The molecule has 0 radical (unpaired) electrons. The highest BCUT2D eigenvalue weighted by molar-refractivity contribution is 5.98. The fourth-order valence-corrected chi connectivity index (χ4v) is 7.12. The van der Waals surface area contributed by atoms with Gasteiger partial charge in [-0.15, -0.1) is 0 Å². The Balaban J connectivity index is 1.44. The van der Waals surface area contributed by atoms with E-state index in [4.69, 9.17) is 24.5 Å². The van der Waals surface area contributed by atoms with Gasteiger partial charge in [0.2, 0.25) is 5.88 Å². The van der Waals surface area contributed by atoms with Crippen LogP contribution in [0.4, 0.5) is 5.82 Å². The van der Waals surface area contributed by atoms with Crippen LogP contribution >= 0.6 is 0 Å². The molecule has 0 spiro atoms. The highest BCUT2D eigenvalue weighted by atomic mass is 16.5. The van der Waals surface area contributed by atoms with Gasteiger partial charge in [-0.1, -0.05) is 91.0 Å². The highest BCUT2D eigenvalue weighted by Gasteiger charge is 2.41. The lowest BCUT2D eigenvalue weighted by Crippen LogP contribution is -2.38. The zero-order valence-corrected chi connectivity index (χ0v) is 25.8. The van der Waals surface area contributed by atoms with Crippen LogP contribution in [0.3, 0.4) is 0 Å². The van der Waals surface area contributed by atoms with Crippen molar-refractivity contribution < 1.29 is 9.47 Å². The van der Waals surface area contributed by atoms with E-state index in [1.54, 1.807) is 0 Å². The van der Waals surface area contributed by atoms with E-state index < -0.39 is 5.54 Å². The van der Waals surface area contributed by atoms with Crippen molar-refractivity contribution in [3.05, 3.63) is 138 Å². The first-order valence-electron chi connectivity index (χ1n) is 16.3. The van der Waals surface area contributed by atoms with Crippen LogP contribution in [0.1, 0.15) is 42.4 Å². The largest absolute Gasteiger partial charge is 0.474 e. The van der Waals surface area contributed by atoms with Crippen LogP contribution in [-0.2, 0) is 10.3 Å². The van der Waals surface area contributed by atoms with E-state index in [9.17, 15) is 0 Å². The van der Waals surface area contributed by atoms with Crippen LogP contribution in [0.25, 0.3) is 22.2 Å². The predicted molar refractivity (Wildman–Crippen MR) is 181 cm³/mol. The van der Waals surface area contributed by atoms with Crippen molar-refractivity contribution in [1.82, 2.24) is 19.7 Å². The molecule has 230 valence electrons. The third-order valence-electron chi connectivity index (χ3n) is 9.35. The summed E-state index contributed by atoms with van der Waals surface area (Å²) in [5.74, 6) is 1.59. The Morgan fingerprint density at radius 1 is 0.696 bits per heavy atom. The number of pyridine rings is 2. The molecule has 7 heteroatoms. The van der Waals surface area contributed by atoms with Crippen molar-refractivity contribution in [2.45, 2.75) is 37.3 Å². The molecule has 0 unspecified atom stereocenters. The fraction of sp³-hybridized carbons (Fsp3) is 0.256. The van der Waals surface area contributed by atoms with Gasteiger partial charge in [0.25, 0.3) is 0 Å². The molecular weight excluding hydrogens is 570 g/mol. The first kappa shape index (κ1) is 28.5. The second-order valence-electron chi connectivity index (χ2n) is 12.1. The molecule has 7 nitrogen and oxygen atoms in total. The first-order chi connectivity index (χ1) is 22.8. The molecule has 0 aliphatic carbocycles. The summed E-state index contributed by atoms with van der Waals surface area (Å²) in [7, 11) is 0. The highest BCUT2D eigenvalue weighted by Crippen LogP contribution is 2.45. The number of aromatic nitrogens is 4. The van der Waals surface area contributed by atoms with Crippen molar-refractivity contribution in [2.24, 2.45) is 0 Å².